The lowest BCUT2D eigenvalue weighted by molar-refractivity contribution is 0.668. The quantitative estimate of drug-likeness (QED) is 0.123. The zero-order valence-corrected chi connectivity index (χ0v) is 45.4. The fourth-order valence-corrected chi connectivity index (χ4v) is 21.6. The fraction of sp³-hybridized carbons (Fsp3) is 0.0423. The van der Waals surface area contributed by atoms with Crippen LogP contribution >= 0.6 is 23.5 Å². The molecule has 0 aliphatic carbocycles. The normalized spacial score (nSPS) is 15.1. The predicted molar refractivity (Wildman–Crippen MR) is 332 cm³/mol. The highest BCUT2D eigenvalue weighted by Gasteiger charge is 2.52. The van der Waals surface area contributed by atoms with Crippen molar-refractivity contribution in [2.45, 2.75) is 38.7 Å². The third kappa shape index (κ3) is 6.11. The lowest BCUT2D eigenvalue weighted by atomic mass is 9.64. The molecule has 0 bridgehead atoms. The van der Waals surface area contributed by atoms with Crippen LogP contribution in [0.4, 0.5) is 0 Å². The van der Waals surface area contributed by atoms with Gasteiger partial charge in [0.2, 0.25) is 11.6 Å². The minimum atomic E-state index is -3.40. The summed E-state index contributed by atoms with van der Waals surface area (Å²) >= 11 is 3.74. The molecule has 80 heavy (non-hydrogen) atoms. The molecule has 4 aromatic heterocycles. The number of benzene rings is 11. The lowest BCUT2D eigenvalue weighted by Crippen LogP contribution is -2.75. The largest absolute Gasteiger partial charge is 0.278 e. The maximum absolute atomic E-state index is 9.17. The Kier molecular flexibility index (Phi) is 8.62. The van der Waals surface area contributed by atoms with Crippen molar-refractivity contribution in [1.82, 2.24) is 27.9 Å². The summed E-state index contributed by atoms with van der Waals surface area (Å²) in [6, 6.07) is 90.3. The van der Waals surface area contributed by atoms with E-state index in [1.807, 2.05) is 81.0 Å². The van der Waals surface area contributed by atoms with E-state index in [0.717, 1.165) is 27.8 Å². The van der Waals surface area contributed by atoms with Gasteiger partial charge in [-0.15, -0.1) is 0 Å². The summed E-state index contributed by atoms with van der Waals surface area (Å²) in [5.74, 6) is 1.02. The number of para-hydroxylation sites is 5. The van der Waals surface area contributed by atoms with Crippen molar-refractivity contribution in [2.24, 2.45) is 0 Å². The topological polar surface area (TPSA) is 44.5 Å². The molecule has 11 aromatic carbocycles. The van der Waals surface area contributed by atoms with Gasteiger partial charge >= 0.3 is 0 Å². The van der Waals surface area contributed by atoms with E-state index in [2.05, 4.69) is 197 Å². The van der Waals surface area contributed by atoms with Crippen LogP contribution in [0.1, 0.15) is 41.6 Å². The molecular weight excluding hydrogens is 1030 g/mol. The molecule has 2 aliphatic heterocycles. The molecule has 17 rings (SSSR count). The molecule has 2 aliphatic rings. The SMILES string of the molecule is [2H]C([2H])([2H])c1cccc2c1nc1n(-c3cc(C([2H])([2H])[2H])c4nc5n(-c6cccc([Si](c7ccccc7)(c7ccccc7)c7cccc8c7Sc7ccccc7C87c8ccccc8Sc8ccccc87)c6)c6ccccc6n5c4c3)c3ccccc3n21. The maximum atomic E-state index is 9.17. The van der Waals surface area contributed by atoms with Gasteiger partial charge in [0.15, 0.2) is 8.07 Å². The van der Waals surface area contributed by atoms with Gasteiger partial charge in [-0.25, -0.2) is 9.97 Å². The molecule has 0 N–H and O–H groups in total. The average Bonchev–Trinajstić information content (AvgIpc) is 1.58. The van der Waals surface area contributed by atoms with E-state index in [1.54, 1.807) is 18.2 Å². The monoisotopic (exact) mass is 1080 g/mol. The van der Waals surface area contributed by atoms with E-state index in [1.165, 1.54) is 62.6 Å². The first kappa shape index (κ1) is 40.1. The van der Waals surface area contributed by atoms with Crippen molar-refractivity contribution in [1.29, 1.82) is 0 Å². The summed E-state index contributed by atoms with van der Waals surface area (Å²) in [6.45, 7) is -5.01. The Morgan fingerprint density at radius 2 is 0.850 bits per heavy atom. The Bertz CT molecular complexity index is 5210. The molecule has 0 saturated carbocycles. The van der Waals surface area contributed by atoms with Gasteiger partial charge < -0.3 is 0 Å². The van der Waals surface area contributed by atoms with Gasteiger partial charge in [-0.2, -0.15) is 0 Å². The third-order valence-electron chi connectivity index (χ3n) is 16.9. The highest BCUT2D eigenvalue weighted by atomic mass is 32.2. The molecule has 6 nitrogen and oxygen atoms in total. The molecule has 378 valence electrons. The zero-order chi connectivity index (χ0) is 57.8. The van der Waals surface area contributed by atoms with Gasteiger partial charge in [-0.05, 0) is 141 Å². The Morgan fingerprint density at radius 3 is 1.48 bits per heavy atom. The number of hydrogen-bond acceptors (Lipinski definition) is 4. The zero-order valence-electron chi connectivity index (χ0n) is 48.7. The first-order chi connectivity index (χ1) is 41.9. The molecule has 0 atom stereocenters. The number of fused-ring (bicyclic) bond motifs is 18. The summed E-state index contributed by atoms with van der Waals surface area (Å²) < 4.78 is 61.0. The van der Waals surface area contributed by atoms with Crippen molar-refractivity contribution in [3.8, 4) is 11.4 Å². The Morgan fingerprint density at radius 1 is 0.375 bits per heavy atom. The molecule has 9 heteroatoms. The van der Waals surface area contributed by atoms with E-state index >= 15 is 0 Å². The van der Waals surface area contributed by atoms with Crippen molar-refractivity contribution >= 4 is 108 Å². The number of aryl methyl sites for hydroxylation is 2. The number of imidazole rings is 4. The van der Waals surface area contributed by atoms with E-state index in [-0.39, 0.29) is 11.1 Å². The van der Waals surface area contributed by atoms with Crippen LogP contribution in [0.25, 0.3) is 67.1 Å². The summed E-state index contributed by atoms with van der Waals surface area (Å²) in [5, 5.41) is 4.93. The molecule has 0 saturated heterocycles. The van der Waals surface area contributed by atoms with Crippen LogP contribution in [0.2, 0.25) is 0 Å². The van der Waals surface area contributed by atoms with Gasteiger partial charge in [0.25, 0.3) is 0 Å². The summed E-state index contributed by atoms with van der Waals surface area (Å²) in [5.41, 5.74) is 11.4. The molecule has 6 heterocycles. The van der Waals surface area contributed by atoms with Crippen molar-refractivity contribution < 1.29 is 8.22 Å². The van der Waals surface area contributed by atoms with Crippen LogP contribution in [0.3, 0.4) is 0 Å². The van der Waals surface area contributed by atoms with Gasteiger partial charge in [0.1, 0.15) is 0 Å². The average molecular weight is 1080 g/mol. The van der Waals surface area contributed by atoms with Crippen LogP contribution in [-0.4, -0.2) is 36.0 Å². The Hall–Kier alpha value is -9.12. The molecule has 0 radical (unpaired) electrons. The Balaban J connectivity index is 0.938. The fourth-order valence-electron chi connectivity index (χ4n) is 13.7. The molecule has 0 amide bonds. The van der Waals surface area contributed by atoms with E-state index in [0.29, 0.717) is 39.3 Å². The standard InChI is InChI=1S/C71H48N6S2Si/c1-45-22-19-37-60-66(45)72-70-75(57-34-13-14-35-58(57)76(60)70)48-42-46(2)67-61(44-48)77-59-36-15-12-33-56(59)74(69(77)73-67)47-23-20-28-51(43-47)80(49-24-5-3-6-25-49,50-26-7-4-8-27-50)65-41-21-32-55-68(65)79-64-40-18-11-31-54(64)71(55)52-29-9-16-38-62(52)78-63-39-17-10-30-53(63)71/h3-44H,1-2H3/i1D3,2D3. The highest BCUT2D eigenvalue weighted by Crippen LogP contribution is 2.61. The van der Waals surface area contributed by atoms with Crippen LogP contribution in [-0.2, 0) is 5.41 Å². The molecular formula is C71H48N6S2Si. The highest BCUT2D eigenvalue weighted by molar-refractivity contribution is 8.00. The minimum Gasteiger partial charge on any atom is -0.278 e. The first-order valence-electron chi connectivity index (χ1n) is 29.8. The first-order valence-corrected chi connectivity index (χ1v) is 30.4. The van der Waals surface area contributed by atoms with E-state index in [4.69, 9.17) is 18.2 Å². The summed E-state index contributed by atoms with van der Waals surface area (Å²) in [7, 11) is -3.40. The van der Waals surface area contributed by atoms with Gasteiger partial charge in [-0.3, -0.25) is 17.9 Å². The van der Waals surface area contributed by atoms with Gasteiger partial charge in [0, 0.05) is 33.5 Å². The maximum Gasteiger partial charge on any atom is 0.220 e. The predicted octanol–water partition coefficient (Wildman–Crippen LogP) is 14.5. The lowest BCUT2D eigenvalue weighted by Gasteiger charge is -2.47. The number of aromatic nitrogens is 6. The molecule has 15 aromatic rings. The van der Waals surface area contributed by atoms with Crippen molar-refractivity contribution in [3.63, 3.8) is 0 Å². The van der Waals surface area contributed by atoms with Crippen molar-refractivity contribution in [2.75, 3.05) is 0 Å². The van der Waals surface area contributed by atoms with Crippen LogP contribution < -0.4 is 20.7 Å². The van der Waals surface area contributed by atoms with Gasteiger partial charge in [-0.1, -0.05) is 206 Å². The number of hydrogen-bond donors (Lipinski definition) is 0. The molecule has 0 unspecified atom stereocenters. The minimum absolute atomic E-state index is 0.0837. The second-order valence-electron chi connectivity index (χ2n) is 20.8. The second-order valence-corrected chi connectivity index (χ2v) is 26.7. The second kappa shape index (κ2) is 17.2. The van der Waals surface area contributed by atoms with Crippen LogP contribution in [0.5, 0.6) is 0 Å². The van der Waals surface area contributed by atoms with E-state index in [9.17, 15) is 0 Å². The summed E-state index contributed by atoms with van der Waals surface area (Å²) in [4.78, 5) is 15.5. The summed E-state index contributed by atoms with van der Waals surface area (Å²) in [6.07, 6.45) is 0. The van der Waals surface area contributed by atoms with E-state index < -0.39 is 27.2 Å². The third-order valence-corrected chi connectivity index (χ3v) is 24.2. The van der Waals surface area contributed by atoms with Crippen molar-refractivity contribution in [3.05, 3.63) is 288 Å². The van der Waals surface area contributed by atoms with Gasteiger partial charge in [0.05, 0.1) is 55.2 Å². The number of rotatable bonds is 6. The Labute approximate surface area is 479 Å². The number of nitrogens with zero attached hydrogens (tertiary/aromatic N) is 6. The molecule has 1 spiro atoms. The van der Waals surface area contributed by atoms with Crippen LogP contribution in [0.15, 0.2) is 274 Å². The smallest absolute Gasteiger partial charge is 0.220 e. The molecule has 0 fully saturated rings. The van der Waals surface area contributed by atoms with Crippen LogP contribution in [0, 0.1) is 13.7 Å².